The van der Waals surface area contributed by atoms with Gasteiger partial charge in [-0.1, -0.05) is 23.7 Å². The molecule has 0 bridgehead atoms. The van der Waals surface area contributed by atoms with Gasteiger partial charge in [-0.15, -0.1) is 24.0 Å². The molecule has 1 fully saturated rings. The fraction of sp³-hybridized carbons (Fsp3) is 0.381. The van der Waals surface area contributed by atoms with Crippen molar-refractivity contribution in [2.24, 2.45) is 4.99 Å². The molecule has 0 aliphatic carbocycles. The summed E-state index contributed by atoms with van der Waals surface area (Å²) < 4.78 is 5.49. The largest absolute Gasteiger partial charge is 0.508 e. The Labute approximate surface area is 194 Å². The predicted octanol–water partition coefficient (Wildman–Crippen LogP) is 4.01. The first-order valence-electron chi connectivity index (χ1n) is 9.50. The van der Waals surface area contributed by atoms with Gasteiger partial charge in [-0.05, 0) is 49.2 Å². The van der Waals surface area contributed by atoms with E-state index in [2.05, 4.69) is 20.5 Å². The number of phenols is 1. The molecule has 2 aromatic rings. The van der Waals surface area contributed by atoms with Crippen molar-refractivity contribution in [1.29, 1.82) is 0 Å². The number of hydrogen-bond donors (Lipinski definition) is 3. The van der Waals surface area contributed by atoms with Crippen LogP contribution in [0.5, 0.6) is 11.5 Å². The summed E-state index contributed by atoms with van der Waals surface area (Å²) in [6.45, 7) is 5.09. The predicted molar refractivity (Wildman–Crippen MR) is 130 cm³/mol. The number of aromatic hydroxyl groups is 1. The summed E-state index contributed by atoms with van der Waals surface area (Å²) >= 11 is 6.18. The maximum atomic E-state index is 9.61. The van der Waals surface area contributed by atoms with Crippen LogP contribution in [-0.2, 0) is 6.54 Å². The highest BCUT2D eigenvalue weighted by atomic mass is 127. The Morgan fingerprint density at radius 2 is 2.14 bits per heavy atom. The molecule has 29 heavy (non-hydrogen) atoms. The molecule has 1 aliphatic rings. The maximum Gasteiger partial charge on any atom is 0.191 e. The lowest BCUT2D eigenvalue weighted by Gasteiger charge is -2.22. The highest BCUT2D eigenvalue weighted by molar-refractivity contribution is 14.0. The van der Waals surface area contributed by atoms with E-state index in [4.69, 9.17) is 16.3 Å². The molecule has 6 nitrogen and oxygen atoms in total. The van der Waals surface area contributed by atoms with Crippen molar-refractivity contribution in [3.8, 4) is 11.5 Å². The summed E-state index contributed by atoms with van der Waals surface area (Å²) in [6.07, 6.45) is 0.992. The summed E-state index contributed by atoms with van der Waals surface area (Å²) in [5.74, 6) is 1.86. The third-order valence-electron chi connectivity index (χ3n) is 4.69. The van der Waals surface area contributed by atoms with E-state index < -0.39 is 0 Å². The van der Waals surface area contributed by atoms with Crippen LogP contribution in [0.1, 0.15) is 18.9 Å². The average Bonchev–Trinajstić information content (AvgIpc) is 3.15. The molecule has 8 heteroatoms. The second-order valence-corrected chi connectivity index (χ2v) is 7.19. The minimum Gasteiger partial charge on any atom is -0.508 e. The first-order valence-corrected chi connectivity index (χ1v) is 9.88. The highest BCUT2D eigenvalue weighted by Crippen LogP contribution is 2.33. The number of aliphatic imine (C=N–C) groups is 1. The number of halogens is 2. The molecule has 0 aromatic heterocycles. The number of nitrogens with zero attached hydrogens (tertiary/aromatic N) is 2. The van der Waals surface area contributed by atoms with Crippen molar-refractivity contribution >= 4 is 47.2 Å². The number of rotatable bonds is 6. The van der Waals surface area contributed by atoms with E-state index in [-0.39, 0.29) is 35.8 Å². The number of guanidine groups is 1. The normalized spacial score (nSPS) is 16.3. The monoisotopic (exact) mass is 530 g/mol. The molecule has 3 N–H and O–H groups in total. The van der Waals surface area contributed by atoms with Crippen LogP contribution in [-0.4, -0.2) is 43.9 Å². The molecule has 0 amide bonds. The van der Waals surface area contributed by atoms with Gasteiger partial charge >= 0.3 is 0 Å². The van der Waals surface area contributed by atoms with Gasteiger partial charge < -0.3 is 25.4 Å². The number of anilines is 1. The average molecular weight is 531 g/mol. The summed E-state index contributed by atoms with van der Waals surface area (Å²) in [4.78, 5) is 6.93. The van der Waals surface area contributed by atoms with Crippen molar-refractivity contribution in [1.82, 2.24) is 10.6 Å². The van der Waals surface area contributed by atoms with Gasteiger partial charge in [0.2, 0.25) is 0 Å². The molecule has 1 unspecified atom stereocenters. The molecule has 0 radical (unpaired) electrons. The van der Waals surface area contributed by atoms with E-state index in [9.17, 15) is 5.11 Å². The van der Waals surface area contributed by atoms with Crippen molar-refractivity contribution in [3.63, 3.8) is 0 Å². The van der Waals surface area contributed by atoms with Gasteiger partial charge in [0.05, 0.1) is 19.3 Å². The van der Waals surface area contributed by atoms with Gasteiger partial charge in [-0.3, -0.25) is 0 Å². The Hall–Kier alpha value is -1.87. The molecule has 158 valence electrons. The Balaban J connectivity index is 0.00000300. The quantitative estimate of drug-likeness (QED) is 0.299. The minimum absolute atomic E-state index is 0. The summed E-state index contributed by atoms with van der Waals surface area (Å²) in [5.41, 5.74) is 1.98. The molecule has 3 rings (SSSR count). The third kappa shape index (κ3) is 6.57. The van der Waals surface area contributed by atoms with E-state index >= 15 is 0 Å². The minimum atomic E-state index is 0. The molecule has 0 saturated carbocycles. The Morgan fingerprint density at radius 1 is 1.31 bits per heavy atom. The number of nitrogens with one attached hydrogen (secondary N) is 2. The maximum absolute atomic E-state index is 9.61. The molecular formula is C21H28ClIN4O2. The van der Waals surface area contributed by atoms with Crippen molar-refractivity contribution in [3.05, 3.63) is 53.1 Å². The van der Waals surface area contributed by atoms with E-state index in [1.54, 1.807) is 19.2 Å². The summed E-state index contributed by atoms with van der Waals surface area (Å²) in [7, 11) is 1.68. The smallest absolute Gasteiger partial charge is 0.191 e. The number of phenolic OH excluding ortho intramolecular Hbond substituents is 1. The second-order valence-electron chi connectivity index (χ2n) is 6.76. The van der Waals surface area contributed by atoms with Crippen LogP contribution in [0.25, 0.3) is 0 Å². The molecule has 2 aromatic carbocycles. The summed E-state index contributed by atoms with van der Waals surface area (Å²) in [6, 6.07) is 13.1. The Bertz CT molecular complexity index is 834. The molecular weight excluding hydrogens is 503 g/mol. The number of ether oxygens (including phenoxy) is 1. The molecule has 0 spiro atoms. The van der Waals surface area contributed by atoms with E-state index in [1.165, 1.54) is 0 Å². The first-order chi connectivity index (χ1) is 13.6. The van der Waals surface area contributed by atoms with Crippen LogP contribution < -0.4 is 20.3 Å². The third-order valence-corrected chi connectivity index (χ3v) is 4.92. The van der Waals surface area contributed by atoms with Gasteiger partial charge in [0.25, 0.3) is 0 Å². The van der Waals surface area contributed by atoms with Crippen molar-refractivity contribution in [2.75, 3.05) is 31.6 Å². The molecule has 1 atom stereocenters. The summed E-state index contributed by atoms with van der Waals surface area (Å²) in [5, 5.41) is 17.1. The number of methoxy groups -OCH3 is 1. The number of benzene rings is 2. The Kier molecular flexibility index (Phi) is 9.16. The van der Waals surface area contributed by atoms with Crippen LogP contribution >= 0.6 is 35.6 Å². The standard InChI is InChI=1S/C21H27ClN4O2.HI/c1-3-23-21(24-13-15-5-4-6-18(27)11-15)25-17-9-10-26(14-17)19-12-16(22)7-8-20(19)28-2;/h4-8,11-12,17,27H,3,9-10,13-14H2,1-2H3,(H2,23,24,25);1H. The molecule has 1 heterocycles. The zero-order valence-electron chi connectivity index (χ0n) is 16.7. The van der Waals surface area contributed by atoms with E-state index in [1.807, 2.05) is 37.3 Å². The second kappa shape index (κ2) is 11.3. The topological polar surface area (TPSA) is 69.1 Å². The zero-order chi connectivity index (χ0) is 19.9. The van der Waals surface area contributed by atoms with Crippen LogP contribution in [0.2, 0.25) is 5.02 Å². The van der Waals surface area contributed by atoms with Crippen LogP contribution in [0.15, 0.2) is 47.5 Å². The SMILES string of the molecule is CCNC(=NCc1cccc(O)c1)NC1CCN(c2cc(Cl)ccc2OC)C1.I. The zero-order valence-corrected chi connectivity index (χ0v) is 19.8. The van der Waals surface area contributed by atoms with Crippen molar-refractivity contribution < 1.29 is 9.84 Å². The lowest BCUT2D eigenvalue weighted by Crippen LogP contribution is -2.44. The molecule has 1 saturated heterocycles. The van der Waals surface area contributed by atoms with Crippen LogP contribution in [0, 0.1) is 0 Å². The van der Waals surface area contributed by atoms with Gasteiger partial charge in [-0.2, -0.15) is 0 Å². The van der Waals surface area contributed by atoms with Gasteiger partial charge in [0.1, 0.15) is 11.5 Å². The first kappa shape index (κ1) is 23.4. The molecule has 1 aliphatic heterocycles. The lowest BCUT2D eigenvalue weighted by molar-refractivity contribution is 0.415. The van der Waals surface area contributed by atoms with Crippen LogP contribution in [0.3, 0.4) is 0 Å². The van der Waals surface area contributed by atoms with E-state index in [0.29, 0.717) is 11.6 Å². The highest BCUT2D eigenvalue weighted by Gasteiger charge is 2.25. The van der Waals surface area contributed by atoms with Gasteiger partial charge in [0, 0.05) is 30.7 Å². The van der Waals surface area contributed by atoms with Crippen LogP contribution in [0.4, 0.5) is 5.69 Å². The lowest BCUT2D eigenvalue weighted by atomic mass is 10.2. The fourth-order valence-corrected chi connectivity index (χ4v) is 3.51. The fourth-order valence-electron chi connectivity index (χ4n) is 3.35. The van der Waals surface area contributed by atoms with E-state index in [0.717, 1.165) is 49.0 Å². The van der Waals surface area contributed by atoms with Crippen molar-refractivity contribution in [2.45, 2.75) is 25.9 Å². The van der Waals surface area contributed by atoms with Gasteiger partial charge in [-0.25, -0.2) is 4.99 Å². The van der Waals surface area contributed by atoms with Gasteiger partial charge in [0.15, 0.2) is 5.96 Å². The Morgan fingerprint density at radius 3 is 2.86 bits per heavy atom. The number of hydrogen-bond acceptors (Lipinski definition) is 4.